The van der Waals surface area contributed by atoms with Gasteiger partial charge in [-0.1, -0.05) is 44.1 Å². The summed E-state index contributed by atoms with van der Waals surface area (Å²) in [5, 5.41) is 52.9. The molecule has 2 saturated carbocycles. The molecule has 4 fully saturated rings. The molecule has 10 heteroatoms. The molecule has 0 aromatic carbocycles. The number of rotatable bonds is 4. The molecule has 0 bridgehead atoms. The van der Waals surface area contributed by atoms with Crippen molar-refractivity contribution in [3.05, 3.63) is 35.1 Å². The first-order valence-electron chi connectivity index (χ1n) is 16.7. The van der Waals surface area contributed by atoms with Gasteiger partial charge in [-0.25, -0.2) is 0 Å². The van der Waals surface area contributed by atoms with Gasteiger partial charge in [0.2, 0.25) is 12.1 Å². The molecule has 14 atom stereocenters. The maximum Gasteiger partial charge on any atom is 0.229 e. The van der Waals surface area contributed by atoms with Crippen molar-refractivity contribution in [1.29, 1.82) is 0 Å². The molecular formula is C36H52O10. The third-order valence-electron chi connectivity index (χ3n) is 13.2. The Balaban J connectivity index is 1.40. The lowest BCUT2D eigenvalue weighted by atomic mass is 9.39. The van der Waals surface area contributed by atoms with E-state index in [4.69, 9.17) is 14.2 Å². The van der Waals surface area contributed by atoms with E-state index in [1.165, 1.54) is 0 Å². The van der Waals surface area contributed by atoms with Gasteiger partial charge in [-0.05, 0) is 70.3 Å². The van der Waals surface area contributed by atoms with Crippen LogP contribution in [0.15, 0.2) is 35.1 Å². The van der Waals surface area contributed by atoms with E-state index in [-0.39, 0.29) is 53.2 Å². The molecule has 10 nitrogen and oxygen atoms in total. The van der Waals surface area contributed by atoms with E-state index >= 15 is 0 Å². The maximum atomic E-state index is 14.7. The summed E-state index contributed by atoms with van der Waals surface area (Å²) in [7, 11) is 0. The van der Waals surface area contributed by atoms with Crippen LogP contribution in [0.5, 0.6) is 0 Å². The summed E-state index contributed by atoms with van der Waals surface area (Å²) < 4.78 is 18.3. The van der Waals surface area contributed by atoms with E-state index < -0.39 is 65.1 Å². The smallest absolute Gasteiger partial charge is 0.229 e. The van der Waals surface area contributed by atoms with Crippen LogP contribution in [0, 0.1) is 39.4 Å². The van der Waals surface area contributed by atoms with Gasteiger partial charge in [0.15, 0.2) is 5.76 Å². The Bertz CT molecular complexity index is 1390. The second kappa shape index (κ2) is 10.8. The van der Waals surface area contributed by atoms with Crippen molar-refractivity contribution >= 4 is 11.6 Å². The van der Waals surface area contributed by atoms with Crippen LogP contribution in [-0.2, 0) is 23.8 Å². The molecular weight excluding hydrogens is 592 g/mol. The van der Waals surface area contributed by atoms with Gasteiger partial charge >= 0.3 is 0 Å². The summed E-state index contributed by atoms with van der Waals surface area (Å²) in [6.07, 6.45) is -0.139. The van der Waals surface area contributed by atoms with E-state index in [0.717, 1.165) is 11.1 Å². The standard InChI is InChI=1S/C36H52O10/c1-17(2)11-18-13-35(7,43)29-22(44-18)14-33(5)24-10-9-19-20(36(24,8)25(38)15-34(29,33)6)12-21(30(42)32(19,3)4)45-31-28(41)27(40)26(39)23(16-37)46-31/h9,11-12,18,20,22-24,26-29,31,37,39-41,43H,10,13-16H2,1-8H3/t18-,20+,22+,23-,24-,26-,27+,28-,29-,31-,33-,34+,35-,36-/m0/s1. The topological polar surface area (TPSA) is 163 Å². The number of ether oxygens (including phenoxy) is 3. The number of aliphatic hydroxyl groups is 5. The maximum absolute atomic E-state index is 14.7. The van der Waals surface area contributed by atoms with Gasteiger partial charge in [0, 0.05) is 30.1 Å². The van der Waals surface area contributed by atoms with E-state index in [2.05, 4.69) is 26.0 Å². The molecule has 2 heterocycles. The molecule has 0 aromatic rings. The second-order valence-electron chi connectivity index (χ2n) is 16.6. The molecule has 2 saturated heterocycles. The summed E-state index contributed by atoms with van der Waals surface area (Å²) in [5.74, 6) is -1.20. The van der Waals surface area contributed by atoms with Crippen LogP contribution in [0.4, 0.5) is 0 Å². The fourth-order valence-corrected chi connectivity index (χ4v) is 10.8. The molecule has 4 aliphatic carbocycles. The first-order valence-corrected chi connectivity index (χ1v) is 16.7. The van der Waals surface area contributed by atoms with Crippen LogP contribution >= 0.6 is 0 Å². The number of fused-ring (bicyclic) bond motifs is 7. The number of allylic oxidation sites excluding steroid dienone is 5. The fourth-order valence-electron chi connectivity index (χ4n) is 10.8. The highest BCUT2D eigenvalue weighted by Crippen LogP contribution is 2.75. The first-order chi connectivity index (χ1) is 21.2. The lowest BCUT2D eigenvalue weighted by Crippen LogP contribution is -2.64. The highest BCUT2D eigenvalue weighted by molar-refractivity contribution is 6.02. The minimum absolute atomic E-state index is 0.0736. The van der Waals surface area contributed by atoms with Crippen LogP contribution < -0.4 is 0 Å². The Morgan fingerprint density at radius 2 is 1.65 bits per heavy atom. The van der Waals surface area contributed by atoms with Gasteiger partial charge in [-0.2, -0.15) is 0 Å². The van der Waals surface area contributed by atoms with Gasteiger partial charge in [-0.3, -0.25) is 9.59 Å². The predicted octanol–water partition coefficient (Wildman–Crippen LogP) is 2.74. The molecule has 6 rings (SSSR count). The largest absolute Gasteiger partial charge is 0.459 e. The summed E-state index contributed by atoms with van der Waals surface area (Å²) in [5.41, 5.74) is -1.90. The zero-order valence-electron chi connectivity index (χ0n) is 28.3. The molecule has 5 N–H and O–H groups in total. The molecule has 0 radical (unpaired) electrons. The number of Topliss-reactive ketones (excluding diaryl/α,β-unsaturated/α-hetero) is 2. The number of ketones is 2. The summed E-state index contributed by atoms with van der Waals surface area (Å²) >= 11 is 0. The zero-order valence-corrected chi connectivity index (χ0v) is 28.3. The predicted molar refractivity (Wildman–Crippen MR) is 167 cm³/mol. The normalized spacial score (nSPS) is 51.2. The summed E-state index contributed by atoms with van der Waals surface area (Å²) in [4.78, 5) is 28.6. The Kier molecular flexibility index (Phi) is 7.97. The lowest BCUT2D eigenvalue weighted by molar-refractivity contribution is -0.291. The van der Waals surface area contributed by atoms with Gasteiger partial charge in [-0.15, -0.1) is 0 Å². The Hall–Kier alpha value is -1.92. The fraction of sp³-hybridized carbons (Fsp3) is 0.778. The van der Waals surface area contributed by atoms with E-state index in [1.807, 2.05) is 27.7 Å². The van der Waals surface area contributed by atoms with E-state index in [9.17, 15) is 35.1 Å². The minimum Gasteiger partial charge on any atom is -0.459 e. The molecule has 256 valence electrons. The molecule has 2 aliphatic heterocycles. The van der Waals surface area contributed by atoms with Crippen molar-refractivity contribution in [3.63, 3.8) is 0 Å². The van der Waals surface area contributed by atoms with E-state index in [1.54, 1.807) is 19.9 Å². The molecule has 6 aliphatic rings. The monoisotopic (exact) mass is 644 g/mol. The molecule has 46 heavy (non-hydrogen) atoms. The van der Waals surface area contributed by atoms with Crippen molar-refractivity contribution in [3.8, 4) is 0 Å². The van der Waals surface area contributed by atoms with Crippen molar-refractivity contribution in [2.24, 2.45) is 39.4 Å². The number of carbonyl (C=O) groups excluding carboxylic acids is 2. The average molecular weight is 645 g/mol. The van der Waals surface area contributed by atoms with E-state index in [0.29, 0.717) is 19.3 Å². The Morgan fingerprint density at radius 3 is 2.28 bits per heavy atom. The second-order valence-corrected chi connectivity index (χ2v) is 16.6. The zero-order chi connectivity index (χ0) is 33.9. The third kappa shape index (κ3) is 4.54. The number of hydrogen-bond donors (Lipinski definition) is 5. The molecule has 0 aromatic heterocycles. The highest BCUT2D eigenvalue weighted by atomic mass is 16.7. The van der Waals surface area contributed by atoms with Crippen molar-refractivity contribution in [2.75, 3.05) is 6.61 Å². The van der Waals surface area contributed by atoms with Gasteiger partial charge in [0.05, 0.1) is 29.8 Å². The molecule has 0 unspecified atom stereocenters. The van der Waals surface area contributed by atoms with Gasteiger partial charge in [0.25, 0.3) is 0 Å². The van der Waals surface area contributed by atoms with Crippen molar-refractivity contribution in [1.82, 2.24) is 0 Å². The molecule has 0 spiro atoms. The minimum atomic E-state index is -1.68. The Labute approximate surface area is 271 Å². The third-order valence-corrected chi connectivity index (χ3v) is 13.2. The summed E-state index contributed by atoms with van der Waals surface area (Å²) in [6.45, 7) is 15.3. The van der Waals surface area contributed by atoms with Crippen LogP contribution in [0.25, 0.3) is 0 Å². The molecule has 0 amide bonds. The van der Waals surface area contributed by atoms with Crippen molar-refractivity contribution in [2.45, 2.75) is 130 Å². The van der Waals surface area contributed by atoms with Crippen molar-refractivity contribution < 1.29 is 49.3 Å². The number of hydrogen-bond acceptors (Lipinski definition) is 10. The van der Waals surface area contributed by atoms with Crippen LogP contribution in [-0.4, -0.2) is 92.2 Å². The van der Waals surface area contributed by atoms with Crippen LogP contribution in [0.1, 0.15) is 81.1 Å². The van der Waals surface area contributed by atoms with Gasteiger partial charge < -0.3 is 39.7 Å². The summed E-state index contributed by atoms with van der Waals surface area (Å²) in [6, 6.07) is 0. The number of aliphatic hydroxyl groups excluding tert-OH is 4. The lowest BCUT2D eigenvalue weighted by Gasteiger charge is -2.64. The Morgan fingerprint density at radius 1 is 0.978 bits per heavy atom. The van der Waals surface area contributed by atoms with Crippen LogP contribution in [0.2, 0.25) is 0 Å². The quantitative estimate of drug-likeness (QED) is 0.288. The van der Waals surface area contributed by atoms with Crippen LogP contribution in [0.3, 0.4) is 0 Å². The number of carbonyl (C=O) groups is 2. The average Bonchev–Trinajstić information content (AvgIpc) is 3.18. The SMILES string of the molecule is CC(C)=C[C@H]1C[C@](C)(O)[C@H]2[C@@H](C[C@@]3(C)[C@@H]4CC=C5[C@@H](C=C(O[C@H]6O[C@@H](CO)[C@H](O)[C@@H](O)[C@@H]6O)C(=O)C5(C)C)[C@]4(C)C(=O)C[C@]23C)O1. The highest BCUT2D eigenvalue weighted by Gasteiger charge is 2.75. The first kappa shape index (κ1) is 34.0. The van der Waals surface area contributed by atoms with Gasteiger partial charge in [0.1, 0.15) is 30.2 Å².